The van der Waals surface area contributed by atoms with Gasteiger partial charge < -0.3 is 9.80 Å². The molecule has 0 N–H and O–H groups in total. The predicted octanol–water partition coefficient (Wildman–Crippen LogP) is 3.30. The smallest absolute Gasteiger partial charge is 0.331 e. The molecule has 0 saturated carbocycles. The van der Waals surface area contributed by atoms with Crippen molar-refractivity contribution < 1.29 is 14.4 Å². The summed E-state index contributed by atoms with van der Waals surface area (Å²) in [5.74, 6) is -0.496. The monoisotopic (exact) mass is 501 g/mol. The standard InChI is InChI=1S/C24H16BrN5O3/c25-15-4-1-3-13(9-15)22(31)28-12-16-10-19(28)21-23(32)30(24(33)29(16)21)18-7-6-14(11-26)20-17(18)5-2-8-27-20/h1-9,16,19,21H,10,12H2/t16-,19?,21-/m1/s1. The van der Waals surface area contributed by atoms with Crippen LogP contribution < -0.4 is 4.90 Å². The normalized spacial score (nSPS) is 23.4. The summed E-state index contributed by atoms with van der Waals surface area (Å²) in [4.78, 5) is 49.0. The molecule has 162 valence electrons. The maximum Gasteiger partial charge on any atom is 0.332 e. The molecular weight excluding hydrogens is 486 g/mol. The first-order valence-corrected chi connectivity index (χ1v) is 11.3. The summed E-state index contributed by atoms with van der Waals surface area (Å²) < 4.78 is 0.805. The summed E-state index contributed by atoms with van der Waals surface area (Å²) >= 11 is 3.40. The average molecular weight is 502 g/mol. The zero-order valence-electron chi connectivity index (χ0n) is 17.2. The van der Waals surface area contributed by atoms with Crippen molar-refractivity contribution in [2.75, 3.05) is 11.4 Å². The highest BCUT2D eigenvalue weighted by molar-refractivity contribution is 9.10. The Hall–Kier alpha value is -3.77. The number of halogens is 1. The number of hydrogen-bond donors (Lipinski definition) is 0. The zero-order chi connectivity index (χ0) is 22.9. The van der Waals surface area contributed by atoms with Crippen molar-refractivity contribution in [3.63, 3.8) is 0 Å². The number of rotatable bonds is 2. The summed E-state index contributed by atoms with van der Waals surface area (Å²) in [7, 11) is 0. The molecule has 1 aromatic heterocycles. The van der Waals surface area contributed by atoms with Crippen molar-refractivity contribution in [1.82, 2.24) is 14.8 Å². The van der Waals surface area contributed by atoms with E-state index in [1.54, 1.807) is 58.5 Å². The highest BCUT2D eigenvalue weighted by atomic mass is 79.9. The van der Waals surface area contributed by atoms with E-state index in [1.807, 2.05) is 6.07 Å². The lowest BCUT2D eigenvalue weighted by molar-refractivity contribution is -0.121. The third kappa shape index (κ3) is 2.74. The second-order valence-corrected chi connectivity index (χ2v) is 9.29. The summed E-state index contributed by atoms with van der Waals surface area (Å²) in [6.45, 7) is 0.398. The summed E-state index contributed by atoms with van der Waals surface area (Å²) in [5.41, 5.74) is 1.77. The van der Waals surface area contributed by atoms with E-state index in [1.165, 1.54) is 4.90 Å². The highest BCUT2D eigenvalue weighted by Crippen LogP contribution is 2.44. The molecule has 3 fully saturated rings. The van der Waals surface area contributed by atoms with Gasteiger partial charge in [0.15, 0.2) is 0 Å². The van der Waals surface area contributed by atoms with Crippen LogP contribution in [-0.2, 0) is 4.79 Å². The lowest BCUT2D eigenvalue weighted by Gasteiger charge is -2.35. The first-order chi connectivity index (χ1) is 16.0. The maximum atomic E-state index is 13.6. The highest BCUT2D eigenvalue weighted by Gasteiger charge is 2.63. The maximum absolute atomic E-state index is 13.6. The predicted molar refractivity (Wildman–Crippen MR) is 122 cm³/mol. The van der Waals surface area contributed by atoms with Gasteiger partial charge in [0, 0.05) is 28.2 Å². The number of carbonyl (C=O) groups is 3. The lowest BCUT2D eigenvalue weighted by Crippen LogP contribution is -2.54. The van der Waals surface area contributed by atoms with Gasteiger partial charge in [-0.25, -0.2) is 9.69 Å². The van der Waals surface area contributed by atoms with Crippen LogP contribution in [0.2, 0.25) is 0 Å². The van der Waals surface area contributed by atoms with Gasteiger partial charge >= 0.3 is 6.03 Å². The summed E-state index contributed by atoms with van der Waals surface area (Å²) in [6, 6.07) is 14.2. The third-order valence-electron chi connectivity index (χ3n) is 6.70. The van der Waals surface area contributed by atoms with Crippen LogP contribution in [0.25, 0.3) is 10.9 Å². The Balaban J connectivity index is 1.37. The van der Waals surface area contributed by atoms with Crippen molar-refractivity contribution in [1.29, 1.82) is 5.26 Å². The number of pyridine rings is 1. The fourth-order valence-corrected chi connectivity index (χ4v) is 5.74. The summed E-state index contributed by atoms with van der Waals surface area (Å²) in [5, 5.41) is 9.97. The molecule has 9 heteroatoms. The number of nitrogens with zero attached hydrogens (tertiary/aromatic N) is 5. The Morgan fingerprint density at radius 2 is 2.00 bits per heavy atom. The molecular formula is C24H16BrN5O3. The first-order valence-electron chi connectivity index (χ1n) is 10.5. The first kappa shape index (κ1) is 19.9. The topological polar surface area (TPSA) is 97.6 Å². The Morgan fingerprint density at radius 1 is 1.15 bits per heavy atom. The molecule has 1 unspecified atom stereocenters. The molecule has 4 heterocycles. The molecule has 3 aliphatic heterocycles. The molecule has 0 radical (unpaired) electrons. The fraction of sp³-hybridized carbons (Fsp3) is 0.208. The Bertz CT molecular complexity index is 1420. The van der Waals surface area contributed by atoms with E-state index in [2.05, 4.69) is 27.0 Å². The van der Waals surface area contributed by atoms with Gasteiger partial charge in [-0.15, -0.1) is 0 Å². The molecule has 33 heavy (non-hydrogen) atoms. The van der Waals surface area contributed by atoms with Gasteiger partial charge in [-0.2, -0.15) is 5.26 Å². The zero-order valence-corrected chi connectivity index (χ0v) is 18.8. The number of benzene rings is 2. The van der Waals surface area contributed by atoms with Gasteiger partial charge in [-0.05, 0) is 48.9 Å². The Labute approximate surface area is 197 Å². The van der Waals surface area contributed by atoms with Crippen LogP contribution in [0.5, 0.6) is 0 Å². The van der Waals surface area contributed by atoms with Gasteiger partial charge in [0.1, 0.15) is 12.1 Å². The SMILES string of the molecule is N#Cc1ccc(N2C(=O)[C@H]3C4C[C@H](CN4C(=O)c4cccc(Br)c4)N3C2=O)c2cccnc12. The van der Waals surface area contributed by atoms with Crippen molar-refractivity contribution in [2.24, 2.45) is 0 Å². The van der Waals surface area contributed by atoms with Gasteiger partial charge in [0.2, 0.25) is 0 Å². The van der Waals surface area contributed by atoms with Crippen LogP contribution in [0.4, 0.5) is 10.5 Å². The van der Waals surface area contributed by atoms with Crippen molar-refractivity contribution in [3.05, 3.63) is 70.3 Å². The van der Waals surface area contributed by atoms with E-state index in [4.69, 9.17) is 0 Å². The fourth-order valence-electron chi connectivity index (χ4n) is 5.34. The molecule has 2 aromatic carbocycles. The van der Waals surface area contributed by atoms with Crippen molar-refractivity contribution in [3.8, 4) is 6.07 Å². The number of hydrogen-bond acceptors (Lipinski definition) is 5. The number of carbonyl (C=O) groups excluding carboxylic acids is 3. The number of urea groups is 1. The number of anilines is 1. The largest absolute Gasteiger partial charge is 0.332 e. The second kappa shape index (κ2) is 7.12. The minimum atomic E-state index is -0.713. The van der Waals surface area contributed by atoms with Crippen molar-refractivity contribution in [2.45, 2.75) is 24.5 Å². The Morgan fingerprint density at radius 3 is 2.79 bits per heavy atom. The summed E-state index contributed by atoms with van der Waals surface area (Å²) in [6.07, 6.45) is 2.16. The van der Waals surface area contributed by atoms with Gasteiger partial charge in [-0.1, -0.05) is 22.0 Å². The number of amides is 4. The second-order valence-electron chi connectivity index (χ2n) is 8.38. The van der Waals surface area contributed by atoms with Crippen LogP contribution in [0, 0.1) is 11.3 Å². The number of piperazine rings is 1. The van der Waals surface area contributed by atoms with E-state index in [9.17, 15) is 19.6 Å². The van der Waals surface area contributed by atoms with Gasteiger partial charge in [0.05, 0.1) is 28.9 Å². The van der Waals surface area contributed by atoms with Gasteiger partial charge in [-0.3, -0.25) is 14.6 Å². The van der Waals surface area contributed by atoms with Crippen LogP contribution in [0.15, 0.2) is 59.2 Å². The lowest BCUT2D eigenvalue weighted by atomic mass is 10.1. The van der Waals surface area contributed by atoms with E-state index in [-0.39, 0.29) is 29.9 Å². The van der Waals surface area contributed by atoms with E-state index < -0.39 is 6.04 Å². The molecule has 2 bridgehead atoms. The molecule has 6 rings (SSSR count). The van der Waals surface area contributed by atoms with Crippen LogP contribution in [0.1, 0.15) is 22.3 Å². The van der Waals surface area contributed by atoms with Gasteiger partial charge in [0.25, 0.3) is 11.8 Å². The van der Waals surface area contributed by atoms with E-state index in [0.717, 1.165) is 4.47 Å². The van der Waals surface area contributed by atoms with Crippen LogP contribution in [-0.4, -0.2) is 57.3 Å². The van der Waals surface area contributed by atoms with Crippen LogP contribution >= 0.6 is 15.9 Å². The van der Waals surface area contributed by atoms with E-state index >= 15 is 0 Å². The third-order valence-corrected chi connectivity index (χ3v) is 7.20. The Kier molecular flexibility index (Phi) is 4.29. The number of imide groups is 1. The van der Waals surface area contributed by atoms with Crippen LogP contribution in [0.3, 0.4) is 0 Å². The molecule has 0 spiro atoms. The number of likely N-dealkylation sites (tertiary alicyclic amines) is 1. The average Bonchev–Trinajstić information content (AvgIpc) is 3.49. The minimum Gasteiger partial charge on any atom is -0.331 e. The molecule has 3 atom stereocenters. The van der Waals surface area contributed by atoms with Crippen molar-refractivity contribution >= 4 is 50.4 Å². The molecule has 0 aliphatic carbocycles. The number of nitriles is 1. The van der Waals surface area contributed by atoms with E-state index in [0.29, 0.717) is 40.7 Å². The number of fused-ring (bicyclic) bond motifs is 6. The molecule has 3 aromatic rings. The molecule has 4 amide bonds. The molecule has 8 nitrogen and oxygen atoms in total. The molecule has 3 aliphatic rings. The molecule has 3 saturated heterocycles. The quantitative estimate of drug-likeness (QED) is 0.501. The minimum absolute atomic E-state index is 0.143. The number of aromatic nitrogens is 1.